The van der Waals surface area contributed by atoms with E-state index in [1.807, 2.05) is 6.92 Å². The Kier molecular flexibility index (Phi) is 16.2. The number of rotatable bonds is 15. The fraction of sp³-hybridized carbons (Fsp3) is 0.889. The summed E-state index contributed by atoms with van der Waals surface area (Å²) in [6, 6.07) is 0. The third-order valence-corrected chi connectivity index (χ3v) is 3.58. The highest BCUT2D eigenvalue weighted by Gasteiger charge is 2.06. The van der Waals surface area contributed by atoms with Crippen LogP contribution in [0.15, 0.2) is 0 Å². The molecule has 0 atom stereocenters. The van der Waals surface area contributed by atoms with E-state index in [9.17, 15) is 9.59 Å². The standard InChI is InChI=1S/C18H35NO4/c1-3-5-6-7-8-9-10-11-12-13-15-22-17(20)16-19-18(21)23-14-4-2/h3-16H2,1-2H3,(H,19,21). The lowest BCUT2D eigenvalue weighted by atomic mass is 10.1. The van der Waals surface area contributed by atoms with E-state index in [0.717, 1.165) is 19.3 Å². The minimum absolute atomic E-state index is 0.125. The summed E-state index contributed by atoms with van der Waals surface area (Å²) in [5.41, 5.74) is 0. The largest absolute Gasteiger partial charge is 0.464 e. The number of alkyl carbamates (subject to hydrolysis) is 1. The first-order valence-electron chi connectivity index (χ1n) is 9.27. The molecule has 0 aromatic heterocycles. The number of hydrogen-bond acceptors (Lipinski definition) is 4. The first-order valence-corrected chi connectivity index (χ1v) is 9.27. The molecule has 0 aromatic carbocycles. The molecule has 0 spiro atoms. The normalized spacial score (nSPS) is 10.3. The number of esters is 1. The van der Waals surface area contributed by atoms with Crippen LogP contribution in [0.3, 0.4) is 0 Å². The SMILES string of the molecule is CCCCCCCCCCCCOC(=O)CNC(=O)OCCC. The van der Waals surface area contributed by atoms with Gasteiger partial charge in [0.05, 0.1) is 13.2 Å². The number of ether oxygens (including phenoxy) is 2. The maximum Gasteiger partial charge on any atom is 0.407 e. The van der Waals surface area contributed by atoms with E-state index in [-0.39, 0.29) is 6.54 Å². The summed E-state index contributed by atoms with van der Waals surface area (Å²) in [5, 5.41) is 2.37. The van der Waals surface area contributed by atoms with Crippen LogP contribution in [-0.4, -0.2) is 31.8 Å². The van der Waals surface area contributed by atoms with Gasteiger partial charge in [-0.25, -0.2) is 4.79 Å². The van der Waals surface area contributed by atoms with Crippen molar-refractivity contribution in [1.82, 2.24) is 5.32 Å². The minimum atomic E-state index is -0.567. The second-order valence-corrected chi connectivity index (χ2v) is 5.89. The van der Waals surface area contributed by atoms with E-state index in [4.69, 9.17) is 9.47 Å². The molecule has 0 aliphatic rings. The number of nitrogens with one attached hydrogen (secondary N) is 1. The smallest absolute Gasteiger partial charge is 0.407 e. The van der Waals surface area contributed by atoms with Crippen molar-refractivity contribution in [2.45, 2.75) is 84.5 Å². The van der Waals surface area contributed by atoms with Gasteiger partial charge in [0, 0.05) is 0 Å². The van der Waals surface area contributed by atoms with E-state index >= 15 is 0 Å². The maximum absolute atomic E-state index is 11.4. The molecule has 0 fully saturated rings. The Morgan fingerprint density at radius 3 is 1.83 bits per heavy atom. The quantitative estimate of drug-likeness (QED) is 0.352. The lowest BCUT2D eigenvalue weighted by molar-refractivity contribution is -0.142. The van der Waals surface area contributed by atoms with Crippen LogP contribution in [0.5, 0.6) is 0 Å². The van der Waals surface area contributed by atoms with Crippen molar-refractivity contribution in [2.24, 2.45) is 0 Å². The van der Waals surface area contributed by atoms with Gasteiger partial charge in [0.15, 0.2) is 0 Å². The van der Waals surface area contributed by atoms with Gasteiger partial charge in [0.2, 0.25) is 0 Å². The molecule has 136 valence electrons. The molecule has 0 heterocycles. The van der Waals surface area contributed by atoms with Crippen LogP contribution < -0.4 is 5.32 Å². The zero-order valence-electron chi connectivity index (χ0n) is 15.0. The molecular formula is C18H35NO4. The number of carbonyl (C=O) groups excluding carboxylic acids is 2. The lowest BCUT2D eigenvalue weighted by Crippen LogP contribution is -2.31. The van der Waals surface area contributed by atoms with Crippen molar-refractivity contribution in [3.05, 3.63) is 0 Å². The average Bonchev–Trinajstić information content (AvgIpc) is 2.56. The maximum atomic E-state index is 11.4. The Hall–Kier alpha value is -1.26. The van der Waals surface area contributed by atoms with E-state index in [1.54, 1.807) is 0 Å². The van der Waals surface area contributed by atoms with Crippen molar-refractivity contribution in [3.8, 4) is 0 Å². The van der Waals surface area contributed by atoms with E-state index in [2.05, 4.69) is 12.2 Å². The van der Waals surface area contributed by atoms with Gasteiger partial charge in [-0.1, -0.05) is 71.6 Å². The molecule has 1 amide bonds. The van der Waals surface area contributed by atoms with Gasteiger partial charge in [-0.05, 0) is 12.8 Å². The Morgan fingerprint density at radius 1 is 0.696 bits per heavy atom. The fourth-order valence-electron chi connectivity index (χ4n) is 2.22. The van der Waals surface area contributed by atoms with Crippen LogP contribution in [-0.2, 0) is 14.3 Å². The zero-order chi connectivity index (χ0) is 17.2. The highest BCUT2D eigenvalue weighted by Crippen LogP contribution is 2.10. The molecular weight excluding hydrogens is 294 g/mol. The summed E-state index contributed by atoms with van der Waals surface area (Å²) in [6.07, 6.45) is 12.7. The number of carbonyl (C=O) groups is 2. The molecule has 0 saturated carbocycles. The van der Waals surface area contributed by atoms with Crippen molar-refractivity contribution < 1.29 is 19.1 Å². The van der Waals surface area contributed by atoms with Gasteiger partial charge in [-0.3, -0.25) is 4.79 Å². The molecule has 0 radical (unpaired) electrons. The average molecular weight is 329 g/mol. The second kappa shape index (κ2) is 17.1. The van der Waals surface area contributed by atoms with Crippen LogP contribution >= 0.6 is 0 Å². The number of hydrogen-bond donors (Lipinski definition) is 1. The van der Waals surface area contributed by atoms with Gasteiger partial charge < -0.3 is 14.8 Å². The number of amides is 1. The first kappa shape index (κ1) is 21.7. The van der Waals surface area contributed by atoms with E-state index in [0.29, 0.717) is 13.2 Å². The van der Waals surface area contributed by atoms with Crippen LogP contribution in [0, 0.1) is 0 Å². The molecule has 0 bridgehead atoms. The van der Waals surface area contributed by atoms with E-state index < -0.39 is 12.1 Å². The molecule has 0 rings (SSSR count). The Balaban J connectivity index is 3.25. The molecule has 0 aliphatic heterocycles. The predicted octanol–water partition coefficient (Wildman–Crippen LogP) is 4.59. The molecule has 23 heavy (non-hydrogen) atoms. The van der Waals surface area contributed by atoms with Gasteiger partial charge in [-0.2, -0.15) is 0 Å². The third-order valence-electron chi connectivity index (χ3n) is 3.58. The van der Waals surface area contributed by atoms with Gasteiger partial charge in [0.1, 0.15) is 6.54 Å². The van der Waals surface area contributed by atoms with Crippen molar-refractivity contribution in [1.29, 1.82) is 0 Å². The van der Waals surface area contributed by atoms with Crippen LogP contribution in [0.25, 0.3) is 0 Å². The molecule has 0 aromatic rings. The molecule has 0 aliphatic carbocycles. The zero-order valence-corrected chi connectivity index (χ0v) is 15.0. The van der Waals surface area contributed by atoms with Crippen molar-refractivity contribution in [2.75, 3.05) is 19.8 Å². The minimum Gasteiger partial charge on any atom is -0.464 e. The summed E-state index contributed by atoms with van der Waals surface area (Å²) in [4.78, 5) is 22.5. The monoisotopic (exact) mass is 329 g/mol. The van der Waals surface area contributed by atoms with Crippen molar-refractivity contribution >= 4 is 12.1 Å². The van der Waals surface area contributed by atoms with Gasteiger partial charge >= 0.3 is 12.1 Å². The summed E-state index contributed by atoms with van der Waals surface area (Å²) in [5.74, 6) is -0.408. The topological polar surface area (TPSA) is 64.6 Å². The number of unbranched alkanes of at least 4 members (excludes halogenated alkanes) is 9. The lowest BCUT2D eigenvalue weighted by Gasteiger charge is -2.07. The summed E-state index contributed by atoms with van der Waals surface area (Å²) >= 11 is 0. The van der Waals surface area contributed by atoms with E-state index in [1.165, 1.54) is 51.4 Å². The molecule has 5 heteroatoms. The van der Waals surface area contributed by atoms with Gasteiger partial charge in [0.25, 0.3) is 0 Å². The van der Waals surface area contributed by atoms with Crippen molar-refractivity contribution in [3.63, 3.8) is 0 Å². The van der Waals surface area contributed by atoms with Crippen LogP contribution in [0.1, 0.15) is 84.5 Å². The summed E-state index contributed by atoms with van der Waals surface area (Å²) in [7, 11) is 0. The Morgan fingerprint density at radius 2 is 1.26 bits per heavy atom. The molecule has 5 nitrogen and oxygen atoms in total. The van der Waals surface area contributed by atoms with Gasteiger partial charge in [-0.15, -0.1) is 0 Å². The summed E-state index contributed by atoms with van der Waals surface area (Å²) in [6.45, 7) is 4.82. The van der Waals surface area contributed by atoms with Crippen LogP contribution in [0.4, 0.5) is 4.79 Å². The molecule has 0 saturated heterocycles. The summed E-state index contributed by atoms with van der Waals surface area (Å²) < 4.78 is 9.85. The second-order valence-electron chi connectivity index (χ2n) is 5.89. The predicted molar refractivity (Wildman–Crippen MR) is 92.4 cm³/mol. The molecule has 0 unspecified atom stereocenters. The highest BCUT2D eigenvalue weighted by molar-refractivity contribution is 5.77. The third kappa shape index (κ3) is 16.9. The Labute approximate surface area is 141 Å². The molecule has 1 N–H and O–H groups in total. The highest BCUT2D eigenvalue weighted by atomic mass is 16.6. The van der Waals surface area contributed by atoms with Crippen LogP contribution in [0.2, 0.25) is 0 Å². The fourth-order valence-corrected chi connectivity index (χ4v) is 2.22. The first-order chi connectivity index (χ1) is 11.2. The Bertz CT molecular complexity index is 295.